The highest BCUT2D eigenvalue weighted by Crippen LogP contribution is 2.07. The molecule has 1 amide bonds. The van der Waals surface area contributed by atoms with Crippen molar-refractivity contribution in [3.63, 3.8) is 0 Å². The van der Waals surface area contributed by atoms with Gasteiger partial charge in [-0.05, 0) is 37.9 Å². The Balaban J connectivity index is 1.89. The van der Waals surface area contributed by atoms with E-state index >= 15 is 0 Å². The molecule has 0 aromatic carbocycles. The van der Waals surface area contributed by atoms with Crippen molar-refractivity contribution in [3.8, 4) is 0 Å². The van der Waals surface area contributed by atoms with Gasteiger partial charge in [-0.25, -0.2) is 4.98 Å². The van der Waals surface area contributed by atoms with Crippen LogP contribution in [0.2, 0.25) is 0 Å². The lowest BCUT2D eigenvalue weighted by Gasteiger charge is -2.11. The van der Waals surface area contributed by atoms with Gasteiger partial charge in [-0.1, -0.05) is 6.07 Å². The fourth-order valence-corrected chi connectivity index (χ4v) is 1.86. The molecule has 0 radical (unpaired) electrons. The first-order chi connectivity index (χ1) is 10.6. The second-order valence-corrected chi connectivity index (χ2v) is 5.20. The molecule has 2 heterocycles. The summed E-state index contributed by atoms with van der Waals surface area (Å²) in [4.78, 5) is 22.5. The number of carbonyl (C=O) groups is 1. The van der Waals surface area contributed by atoms with Crippen molar-refractivity contribution in [2.24, 2.45) is 0 Å². The highest BCUT2D eigenvalue weighted by molar-refractivity contribution is 5.94. The van der Waals surface area contributed by atoms with E-state index in [9.17, 15) is 4.79 Å². The number of aromatic nitrogens is 2. The summed E-state index contributed by atoms with van der Waals surface area (Å²) < 4.78 is 0. The standard InChI is InChI=1S/C16H21N5O/c1-21(2)9-8-19-15-10-14(5-7-18-15)16(22)20-12-13-4-3-6-17-11-13/h3-7,10-11H,8-9,12H2,1-2H3,(H,18,19)(H,20,22). The average molecular weight is 299 g/mol. The lowest BCUT2D eigenvalue weighted by molar-refractivity contribution is 0.0951. The van der Waals surface area contributed by atoms with E-state index in [-0.39, 0.29) is 5.91 Å². The van der Waals surface area contributed by atoms with Crippen molar-refractivity contribution in [2.45, 2.75) is 6.54 Å². The molecule has 6 heteroatoms. The summed E-state index contributed by atoms with van der Waals surface area (Å²) in [5, 5.41) is 6.08. The maximum absolute atomic E-state index is 12.2. The van der Waals surface area contributed by atoms with E-state index in [1.807, 2.05) is 26.2 Å². The average Bonchev–Trinajstić information content (AvgIpc) is 2.53. The monoisotopic (exact) mass is 299 g/mol. The number of pyridine rings is 2. The summed E-state index contributed by atoms with van der Waals surface area (Å²) in [5.41, 5.74) is 1.56. The number of hydrogen-bond acceptors (Lipinski definition) is 5. The topological polar surface area (TPSA) is 70.2 Å². The van der Waals surface area contributed by atoms with Gasteiger partial charge >= 0.3 is 0 Å². The predicted molar refractivity (Wildman–Crippen MR) is 86.7 cm³/mol. The number of rotatable bonds is 7. The van der Waals surface area contributed by atoms with Crippen molar-refractivity contribution < 1.29 is 4.79 Å². The first-order valence-corrected chi connectivity index (χ1v) is 7.17. The molecule has 2 rings (SSSR count). The van der Waals surface area contributed by atoms with E-state index in [0.717, 1.165) is 18.7 Å². The Hall–Kier alpha value is -2.47. The molecule has 2 aromatic heterocycles. The van der Waals surface area contributed by atoms with Crippen molar-refractivity contribution in [3.05, 3.63) is 54.0 Å². The fraction of sp³-hybridized carbons (Fsp3) is 0.312. The van der Waals surface area contributed by atoms with Crippen LogP contribution in [-0.4, -0.2) is 48.0 Å². The highest BCUT2D eigenvalue weighted by atomic mass is 16.1. The third-order valence-corrected chi connectivity index (χ3v) is 3.06. The molecule has 0 atom stereocenters. The molecule has 0 spiro atoms. The van der Waals surface area contributed by atoms with Crippen molar-refractivity contribution in [2.75, 3.05) is 32.5 Å². The summed E-state index contributed by atoms with van der Waals surface area (Å²) >= 11 is 0. The van der Waals surface area contributed by atoms with Crippen LogP contribution < -0.4 is 10.6 Å². The van der Waals surface area contributed by atoms with Crippen LogP contribution in [0.1, 0.15) is 15.9 Å². The van der Waals surface area contributed by atoms with E-state index in [0.29, 0.717) is 17.9 Å². The van der Waals surface area contributed by atoms with Crippen LogP contribution in [0.25, 0.3) is 0 Å². The van der Waals surface area contributed by atoms with Gasteiger partial charge in [-0.2, -0.15) is 0 Å². The molecule has 2 N–H and O–H groups in total. The predicted octanol–water partition coefficient (Wildman–Crippen LogP) is 1.38. The van der Waals surface area contributed by atoms with Crippen molar-refractivity contribution >= 4 is 11.7 Å². The van der Waals surface area contributed by atoms with Crippen LogP contribution in [0.15, 0.2) is 42.9 Å². The van der Waals surface area contributed by atoms with Crippen LogP contribution in [0.3, 0.4) is 0 Å². The lowest BCUT2D eigenvalue weighted by atomic mass is 10.2. The van der Waals surface area contributed by atoms with E-state index in [1.54, 1.807) is 30.7 Å². The van der Waals surface area contributed by atoms with E-state index in [1.165, 1.54) is 0 Å². The Morgan fingerprint density at radius 2 is 2.14 bits per heavy atom. The molecule has 2 aromatic rings. The van der Waals surface area contributed by atoms with Gasteiger partial charge in [0.2, 0.25) is 0 Å². The molecule has 6 nitrogen and oxygen atoms in total. The number of amides is 1. The summed E-state index contributed by atoms with van der Waals surface area (Å²) in [7, 11) is 4.02. The van der Waals surface area contributed by atoms with Crippen LogP contribution >= 0.6 is 0 Å². The summed E-state index contributed by atoms with van der Waals surface area (Å²) in [6.07, 6.45) is 5.08. The molecule has 0 aliphatic carbocycles. The number of carbonyl (C=O) groups excluding carboxylic acids is 1. The quantitative estimate of drug-likeness (QED) is 0.808. The zero-order valence-corrected chi connectivity index (χ0v) is 12.9. The SMILES string of the molecule is CN(C)CCNc1cc(C(=O)NCc2cccnc2)ccn1. The molecule has 0 saturated carbocycles. The van der Waals surface area contributed by atoms with Crippen LogP contribution in [0.4, 0.5) is 5.82 Å². The van der Waals surface area contributed by atoms with Crippen LogP contribution in [0.5, 0.6) is 0 Å². The molecule has 0 fully saturated rings. The Labute approximate surface area is 130 Å². The molecule has 116 valence electrons. The number of likely N-dealkylation sites (N-methyl/N-ethyl adjacent to an activating group) is 1. The summed E-state index contributed by atoms with van der Waals surface area (Å²) in [6, 6.07) is 7.23. The first kappa shape index (κ1) is 15.9. The number of nitrogens with one attached hydrogen (secondary N) is 2. The maximum atomic E-state index is 12.2. The number of anilines is 1. The van der Waals surface area contributed by atoms with Gasteiger partial charge in [0, 0.05) is 43.8 Å². The molecule has 0 aliphatic heterocycles. The van der Waals surface area contributed by atoms with Gasteiger partial charge in [0.1, 0.15) is 5.82 Å². The van der Waals surface area contributed by atoms with E-state index in [2.05, 4.69) is 25.5 Å². The normalized spacial score (nSPS) is 10.5. The largest absolute Gasteiger partial charge is 0.369 e. The van der Waals surface area contributed by atoms with Gasteiger partial charge in [-0.3, -0.25) is 9.78 Å². The molecule has 0 aliphatic rings. The smallest absolute Gasteiger partial charge is 0.251 e. The van der Waals surface area contributed by atoms with Gasteiger partial charge in [-0.15, -0.1) is 0 Å². The third kappa shape index (κ3) is 5.14. The second-order valence-electron chi connectivity index (χ2n) is 5.20. The molecule has 22 heavy (non-hydrogen) atoms. The third-order valence-electron chi connectivity index (χ3n) is 3.06. The molecular formula is C16H21N5O. The summed E-state index contributed by atoms with van der Waals surface area (Å²) in [5.74, 6) is 0.581. The Morgan fingerprint density at radius 3 is 2.86 bits per heavy atom. The minimum absolute atomic E-state index is 0.123. The van der Waals surface area contributed by atoms with Gasteiger partial charge in [0.15, 0.2) is 0 Å². The van der Waals surface area contributed by atoms with Crippen molar-refractivity contribution in [1.29, 1.82) is 0 Å². The molecular weight excluding hydrogens is 278 g/mol. The van der Waals surface area contributed by atoms with Gasteiger partial charge < -0.3 is 15.5 Å². The van der Waals surface area contributed by atoms with Gasteiger partial charge in [0.05, 0.1) is 0 Å². The van der Waals surface area contributed by atoms with Gasteiger partial charge in [0.25, 0.3) is 5.91 Å². The minimum atomic E-state index is -0.123. The minimum Gasteiger partial charge on any atom is -0.369 e. The fourth-order valence-electron chi connectivity index (χ4n) is 1.86. The zero-order valence-electron chi connectivity index (χ0n) is 12.9. The Bertz CT molecular complexity index is 600. The molecule has 0 unspecified atom stereocenters. The summed E-state index contributed by atoms with van der Waals surface area (Å²) in [6.45, 7) is 2.14. The number of hydrogen-bond donors (Lipinski definition) is 2. The van der Waals surface area contributed by atoms with Crippen LogP contribution in [-0.2, 0) is 6.54 Å². The number of nitrogens with zero attached hydrogens (tertiary/aromatic N) is 3. The second kappa shape index (κ2) is 8.09. The van der Waals surface area contributed by atoms with Crippen LogP contribution in [0, 0.1) is 0 Å². The van der Waals surface area contributed by atoms with E-state index in [4.69, 9.17) is 0 Å². The maximum Gasteiger partial charge on any atom is 0.251 e. The van der Waals surface area contributed by atoms with Crippen molar-refractivity contribution in [1.82, 2.24) is 20.2 Å². The van der Waals surface area contributed by atoms with E-state index < -0.39 is 0 Å². The Morgan fingerprint density at radius 1 is 1.27 bits per heavy atom. The highest BCUT2D eigenvalue weighted by Gasteiger charge is 2.06. The first-order valence-electron chi connectivity index (χ1n) is 7.17. The Kier molecular flexibility index (Phi) is 5.85. The lowest BCUT2D eigenvalue weighted by Crippen LogP contribution is -2.23. The molecule has 0 saturated heterocycles. The molecule has 0 bridgehead atoms. The zero-order chi connectivity index (χ0) is 15.8.